The number of nitrogens with zero attached hydrogens (tertiary/aromatic N) is 1. The molecule has 0 bridgehead atoms. The SMILES string of the molecule is COc1ccc(NC(=O)C(O)c2ccccc2)c(C)n1. The zero-order valence-corrected chi connectivity index (χ0v) is 11.3. The quantitative estimate of drug-likeness (QED) is 0.893. The van der Waals surface area contributed by atoms with Crippen molar-refractivity contribution in [2.75, 3.05) is 12.4 Å². The van der Waals surface area contributed by atoms with Gasteiger partial charge >= 0.3 is 0 Å². The number of rotatable bonds is 4. The highest BCUT2D eigenvalue weighted by Crippen LogP contribution is 2.19. The molecule has 0 saturated carbocycles. The summed E-state index contributed by atoms with van der Waals surface area (Å²) in [7, 11) is 1.53. The predicted octanol–water partition coefficient (Wildman–Crippen LogP) is 2.07. The average molecular weight is 272 g/mol. The number of aliphatic hydroxyl groups is 1. The van der Waals surface area contributed by atoms with Crippen LogP contribution in [0.25, 0.3) is 0 Å². The van der Waals surface area contributed by atoms with Gasteiger partial charge in [-0.3, -0.25) is 4.79 Å². The summed E-state index contributed by atoms with van der Waals surface area (Å²) in [5.74, 6) is -0.0182. The Labute approximate surface area is 117 Å². The number of benzene rings is 1. The fourth-order valence-corrected chi connectivity index (χ4v) is 1.77. The van der Waals surface area contributed by atoms with Crippen molar-refractivity contribution in [3.8, 4) is 5.88 Å². The Morgan fingerprint density at radius 2 is 1.95 bits per heavy atom. The Hall–Kier alpha value is -2.40. The number of ether oxygens (including phenoxy) is 1. The molecule has 0 aliphatic carbocycles. The highest BCUT2D eigenvalue weighted by molar-refractivity contribution is 5.95. The van der Waals surface area contributed by atoms with Gasteiger partial charge in [0.15, 0.2) is 6.10 Å². The lowest BCUT2D eigenvalue weighted by atomic mass is 10.1. The molecule has 0 spiro atoms. The Bertz CT molecular complexity index is 599. The molecule has 0 radical (unpaired) electrons. The standard InChI is InChI=1S/C15H16N2O3/c1-10-12(8-9-13(16-10)20-2)17-15(19)14(18)11-6-4-3-5-7-11/h3-9,14,18H,1-2H3,(H,17,19). The molecule has 1 aromatic carbocycles. The monoisotopic (exact) mass is 272 g/mol. The fraction of sp³-hybridized carbons (Fsp3) is 0.200. The summed E-state index contributed by atoms with van der Waals surface area (Å²) in [6, 6.07) is 12.1. The maximum atomic E-state index is 12.0. The van der Waals surface area contributed by atoms with E-state index in [1.807, 2.05) is 6.07 Å². The van der Waals surface area contributed by atoms with Crippen LogP contribution in [0.1, 0.15) is 17.4 Å². The van der Waals surface area contributed by atoms with Gasteiger partial charge < -0.3 is 15.2 Å². The summed E-state index contributed by atoms with van der Waals surface area (Å²) in [6.07, 6.45) is -1.21. The van der Waals surface area contributed by atoms with Gasteiger partial charge in [-0.05, 0) is 18.6 Å². The topological polar surface area (TPSA) is 71.5 Å². The second kappa shape index (κ2) is 6.16. The Kier molecular flexibility index (Phi) is 4.32. The maximum Gasteiger partial charge on any atom is 0.257 e. The van der Waals surface area contributed by atoms with Crippen molar-refractivity contribution in [3.63, 3.8) is 0 Å². The second-order valence-electron chi connectivity index (χ2n) is 4.29. The second-order valence-corrected chi connectivity index (χ2v) is 4.29. The first-order valence-corrected chi connectivity index (χ1v) is 6.17. The minimum absolute atomic E-state index is 0.476. The first kappa shape index (κ1) is 14.0. The van der Waals surface area contributed by atoms with Crippen LogP contribution in [0.3, 0.4) is 0 Å². The molecular formula is C15H16N2O3. The summed E-state index contributed by atoms with van der Waals surface area (Å²) in [5.41, 5.74) is 1.72. The molecule has 0 aliphatic rings. The van der Waals surface area contributed by atoms with Crippen LogP contribution in [0.15, 0.2) is 42.5 Å². The largest absolute Gasteiger partial charge is 0.481 e. The summed E-state index contributed by atoms with van der Waals surface area (Å²) in [4.78, 5) is 16.2. The zero-order valence-electron chi connectivity index (χ0n) is 11.3. The van der Waals surface area contributed by atoms with Gasteiger partial charge in [-0.1, -0.05) is 30.3 Å². The number of methoxy groups -OCH3 is 1. The van der Waals surface area contributed by atoms with Gasteiger partial charge in [-0.25, -0.2) is 4.98 Å². The Balaban J connectivity index is 2.12. The van der Waals surface area contributed by atoms with E-state index >= 15 is 0 Å². The minimum atomic E-state index is -1.21. The van der Waals surface area contributed by atoms with Crippen molar-refractivity contribution >= 4 is 11.6 Å². The van der Waals surface area contributed by atoms with Crippen LogP contribution in [0.5, 0.6) is 5.88 Å². The number of anilines is 1. The smallest absolute Gasteiger partial charge is 0.257 e. The van der Waals surface area contributed by atoms with E-state index in [1.165, 1.54) is 7.11 Å². The average Bonchev–Trinajstić information content (AvgIpc) is 2.49. The molecule has 0 fully saturated rings. The third kappa shape index (κ3) is 3.13. The van der Waals surface area contributed by atoms with Gasteiger partial charge in [0.25, 0.3) is 5.91 Å². The minimum Gasteiger partial charge on any atom is -0.481 e. The van der Waals surface area contributed by atoms with Crippen molar-refractivity contribution in [2.45, 2.75) is 13.0 Å². The van der Waals surface area contributed by atoms with E-state index in [9.17, 15) is 9.90 Å². The molecule has 1 atom stereocenters. The van der Waals surface area contributed by atoms with Crippen molar-refractivity contribution < 1.29 is 14.6 Å². The van der Waals surface area contributed by atoms with Crippen LogP contribution in [0.2, 0.25) is 0 Å². The van der Waals surface area contributed by atoms with Crippen molar-refractivity contribution in [2.24, 2.45) is 0 Å². The maximum absolute atomic E-state index is 12.0. The van der Waals surface area contributed by atoms with Gasteiger partial charge in [-0.2, -0.15) is 0 Å². The molecule has 1 unspecified atom stereocenters. The molecule has 0 aliphatic heterocycles. The van der Waals surface area contributed by atoms with Crippen LogP contribution in [0, 0.1) is 6.92 Å². The third-order valence-corrected chi connectivity index (χ3v) is 2.89. The number of amides is 1. The van der Waals surface area contributed by atoms with Gasteiger partial charge in [-0.15, -0.1) is 0 Å². The molecule has 1 heterocycles. The van der Waals surface area contributed by atoms with Gasteiger partial charge in [0.1, 0.15) is 0 Å². The number of aryl methyl sites for hydroxylation is 1. The number of aliphatic hydroxyl groups excluding tert-OH is 1. The van der Waals surface area contributed by atoms with Crippen LogP contribution in [-0.2, 0) is 4.79 Å². The molecule has 104 valence electrons. The molecule has 1 aromatic heterocycles. The molecule has 2 N–H and O–H groups in total. The van der Waals surface area contributed by atoms with E-state index in [2.05, 4.69) is 10.3 Å². The van der Waals surface area contributed by atoms with E-state index in [-0.39, 0.29) is 0 Å². The number of hydrogen-bond donors (Lipinski definition) is 2. The van der Waals surface area contributed by atoms with E-state index in [4.69, 9.17) is 4.74 Å². The first-order chi connectivity index (χ1) is 9.61. The lowest BCUT2D eigenvalue weighted by Crippen LogP contribution is -2.21. The summed E-state index contributed by atoms with van der Waals surface area (Å²) >= 11 is 0. The van der Waals surface area contributed by atoms with E-state index in [0.717, 1.165) is 0 Å². The molecule has 20 heavy (non-hydrogen) atoms. The summed E-state index contributed by atoms with van der Waals surface area (Å²) in [6.45, 7) is 1.76. The highest BCUT2D eigenvalue weighted by atomic mass is 16.5. The van der Waals surface area contributed by atoms with Gasteiger partial charge in [0.2, 0.25) is 5.88 Å². The van der Waals surface area contributed by atoms with Crippen LogP contribution < -0.4 is 10.1 Å². The lowest BCUT2D eigenvalue weighted by molar-refractivity contribution is -0.124. The van der Waals surface area contributed by atoms with Crippen LogP contribution in [0.4, 0.5) is 5.69 Å². The molecule has 2 rings (SSSR count). The van der Waals surface area contributed by atoms with Crippen molar-refractivity contribution in [1.29, 1.82) is 0 Å². The number of hydrogen-bond acceptors (Lipinski definition) is 4. The van der Waals surface area contributed by atoms with Crippen LogP contribution >= 0.6 is 0 Å². The third-order valence-electron chi connectivity index (χ3n) is 2.89. The number of carbonyl (C=O) groups excluding carboxylic acids is 1. The summed E-state index contributed by atoms with van der Waals surface area (Å²) < 4.78 is 5.00. The van der Waals surface area contributed by atoms with E-state index in [0.29, 0.717) is 22.8 Å². The normalized spacial score (nSPS) is 11.8. The summed E-state index contributed by atoms with van der Waals surface area (Å²) in [5, 5.41) is 12.6. The van der Waals surface area contributed by atoms with Crippen molar-refractivity contribution in [1.82, 2.24) is 4.98 Å². The predicted molar refractivity (Wildman–Crippen MR) is 75.6 cm³/mol. The molecule has 5 nitrogen and oxygen atoms in total. The highest BCUT2D eigenvalue weighted by Gasteiger charge is 2.18. The zero-order chi connectivity index (χ0) is 14.5. The number of nitrogens with one attached hydrogen (secondary N) is 1. The number of pyridine rings is 1. The van der Waals surface area contributed by atoms with E-state index in [1.54, 1.807) is 43.3 Å². The molecule has 5 heteroatoms. The molecule has 2 aromatic rings. The van der Waals surface area contributed by atoms with Crippen LogP contribution in [-0.4, -0.2) is 23.1 Å². The lowest BCUT2D eigenvalue weighted by Gasteiger charge is -2.13. The number of carbonyl (C=O) groups is 1. The Morgan fingerprint density at radius 1 is 1.25 bits per heavy atom. The number of aromatic nitrogens is 1. The fourth-order valence-electron chi connectivity index (χ4n) is 1.77. The van der Waals surface area contributed by atoms with E-state index < -0.39 is 12.0 Å². The van der Waals surface area contributed by atoms with Gasteiger partial charge in [0.05, 0.1) is 18.5 Å². The molecule has 0 saturated heterocycles. The molecule has 1 amide bonds. The van der Waals surface area contributed by atoms with Crippen molar-refractivity contribution in [3.05, 3.63) is 53.7 Å². The Morgan fingerprint density at radius 3 is 2.55 bits per heavy atom. The van der Waals surface area contributed by atoms with Gasteiger partial charge in [0, 0.05) is 6.07 Å². The molecular weight excluding hydrogens is 256 g/mol. The first-order valence-electron chi connectivity index (χ1n) is 6.17.